The first-order valence-corrected chi connectivity index (χ1v) is 12.1. The zero-order valence-electron chi connectivity index (χ0n) is 19.4. The van der Waals surface area contributed by atoms with E-state index in [2.05, 4.69) is 9.80 Å². The van der Waals surface area contributed by atoms with E-state index in [1.807, 2.05) is 53.1 Å². The second kappa shape index (κ2) is 10.6. The molecule has 0 unspecified atom stereocenters. The molecule has 0 amide bonds. The van der Waals surface area contributed by atoms with Gasteiger partial charge >= 0.3 is 0 Å². The molecule has 3 aromatic carbocycles. The summed E-state index contributed by atoms with van der Waals surface area (Å²) in [6, 6.07) is 23.6. The summed E-state index contributed by atoms with van der Waals surface area (Å²) in [7, 11) is 0. The third-order valence-corrected chi connectivity index (χ3v) is 6.80. The van der Waals surface area contributed by atoms with E-state index >= 15 is 0 Å². The first kappa shape index (κ1) is 23.5. The molecule has 8 heteroatoms. The first-order chi connectivity index (χ1) is 17.1. The Morgan fingerprint density at radius 3 is 2.06 bits per heavy atom. The van der Waals surface area contributed by atoms with Gasteiger partial charge in [0, 0.05) is 38.3 Å². The number of benzene rings is 3. The molecule has 0 N–H and O–H groups in total. The van der Waals surface area contributed by atoms with Crippen molar-refractivity contribution in [1.82, 2.24) is 24.1 Å². The van der Waals surface area contributed by atoms with Crippen molar-refractivity contribution in [1.29, 1.82) is 0 Å². The summed E-state index contributed by atoms with van der Waals surface area (Å²) in [5.74, 6) is 0.0386. The van der Waals surface area contributed by atoms with Crippen molar-refractivity contribution in [3.05, 3.63) is 106 Å². The van der Waals surface area contributed by atoms with Crippen LogP contribution in [0.2, 0.25) is 0 Å². The standard InChI is InChI=1S/C27H27F2N5S/c28-24-12-6-4-10-22(24)19-31-14-16-32(17-15-31)20-34-27(35)33(18-21-8-2-1-3-9-21)26(30-34)23-11-5-7-13-25(23)29/h1-13H,14-20H2. The van der Waals surface area contributed by atoms with Gasteiger partial charge in [-0.05, 0) is 36.0 Å². The van der Waals surface area contributed by atoms with E-state index in [0.29, 0.717) is 35.9 Å². The van der Waals surface area contributed by atoms with Crippen LogP contribution in [0.4, 0.5) is 8.78 Å². The van der Waals surface area contributed by atoms with E-state index in [9.17, 15) is 8.78 Å². The van der Waals surface area contributed by atoms with Gasteiger partial charge in [-0.1, -0.05) is 60.7 Å². The smallest absolute Gasteiger partial charge is 0.199 e. The topological polar surface area (TPSA) is 29.2 Å². The summed E-state index contributed by atoms with van der Waals surface area (Å²) in [5.41, 5.74) is 2.22. The predicted octanol–water partition coefficient (Wildman–Crippen LogP) is 5.18. The molecule has 0 atom stereocenters. The molecule has 35 heavy (non-hydrogen) atoms. The Bertz CT molecular complexity index is 1340. The van der Waals surface area contributed by atoms with Crippen LogP contribution in [0, 0.1) is 16.4 Å². The molecule has 0 bridgehead atoms. The molecule has 1 fully saturated rings. The molecule has 1 aliphatic heterocycles. The van der Waals surface area contributed by atoms with Crippen LogP contribution in [0.3, 0.4) is 0 Å². The number of nitrogens with zero attached hydrogens (tertiary/aromatic N) is 5. The van der Waals surface area contributed by atoms with E-state index < -0.39 is 0 Å². The summed E-state index contributed by atoms with van der Waals surface area (Å²) in [4.78, 5) is 4.53. The molecular formula is C27H27F2N5S. The van der Waals surface area contributed by atoms with E-state index in [4.69, 9.17) is 17.3 Å². The molecule has 5 rings (SSSR count). The molecule has 2 heterocycles. The Balaban J connectivity index is 1.34. The maximum Gasteiger partial charge on any atom is 0.199 e. The number of aromatic nitrogens is 3. The molecule has 1 aromatic heterocycles. The lowest BCUT2D eigenvalue weighted by molar-refractivity contribution is 0.0974. The van der Waals surface area contributed by atoms with Crippen molar-refractivity contribution in [2.45, 2.75) is 19.8 Å². The summed E-state index contributed by atoms with van der Waals surface area (Å²) in [5, 5.41) is 4.76. The van der Waals surface area contributed by atoms with Crippen LogP contribution >= 0.6 is 12.2 Å². The molecule has 0 saturated carbocycles. The maximum atomic E-state index is 14.7. The lowest BCUT2D eigenvalue weighted by Gasteiger charge is -2.34. The third kappa shape index (κ3) is 5.40. The number of rotatable bonds is 7. The van der Waals surface area contributed by atoms with Crippen LogP contribution in [-0.2, 0) is 19.8 Å². The molecule has 5 nitrogen and oxygen atoms in total. The predicted molar refractivity (Wildman–Crippen MR) is 135 cm³/mol. The Morgan fingerprint density at radius 2 is 1.34 bits per heavy atom. The Labute approximate surface area is 208 Å². The van der Waals surface area contributed by atoms with Gasteiger partial charge in [-0.3, -0.25) is 14.4 Å². The van der Waals surface area contributed by atoms with Crippen molar-refractivity contribution in [2.24, 2.45) is 0 Å². The summed E-state index contributed by atoms with van der Waals surface area (Å²) < 4.78 is 33.0. The number of hydrogen-bond acceptors (Lipinski definition) is 4. The van der Waals surface area contributed by atoms with Gasteiger partial charge in [0.25, 0.3) is 0 Å². The Hall–Kier alpha value is -3.20. The quantitative estimate of drug-likeness (QED) is 0.333. The molecule has 1 aliphatic rings. The fourth-order valence-electron chi connectivity index (χ4n) is 4.43. The van der Waals surface area contributed by atoms with Crippen LogP contribution in [0.25, 0.3) is 11.4 Å². The van der Waals surface area contributed by atoms with E-state index in [1.54, 1.807) is 22.9 Å². The number of hydrogen-bond donors (Lipinski definition) is 0. The molecule has 4 aromatic rings. The van der Waals surface area contributed by atoms with Crippen molar-refractivity contribution in [3.63, 3.8) is 0 Å². The van der Waals surface area contributed by atoms with Gasteiger partial charge in [0.1, 0.15) is 11.6 Å². The van der Waals surface area contributed by atoms with Gasteiger partial charge in [-0.25, -0.2) is 13.5 Å². The van der Waals surface area contributed by atoms with Crippen molar-refractivity contribution in [2.75, 3.05) is 26.2 Å². The zero-order valence-corrected chi connectivity index (χ0v) is 20.2. The van der Waals surface area contributed by atoms with E-state index in [0.717, 1.165) is 37.3 Å². The van der Waals surface area contributed by atoms with Gasteiger partial charge in [0.15, 0.2) is 10.6 Å². The van der Waals surface area contributed by atoms with Crippen molar-refractivity contribution >= 4 is 12.2 Å². The van der Waals surface area contributed by atoms with E-state index in [-0.39, 0.29) is 11.6 Å². The minimum atomic E-state index is -0.323. The SMILES string of the molecule is Fc1ccccc1CN1CCN(Cn2nc(-c3ccccc3F)n(Cc3ccccc3)c2=S)CC1. The third-order valence-electron chi connectivity index (χ3n) is 6.37. The zero-order chi connectivity index (χ0) is 24.2. The molecule has 0 aliphatic carbocycles. The lowest BCUT2D eigenvalue weighted by atomic mass is 10.2. The Morgan fingerprint density at radius 1 is 0.714 bits per heavy atom. The monoisotopic (exact) mass is 491 g/mol. The second-order valence-electron chi connectivity index (χ2n) is 8.78. The number of halogens is 2. The largest absolute Gasteiger partial charge is 0.296 e. The van der Waals surface area contributed by atoms with Crippen molar-refractivity contribution in [3.8, 4) is 11.4 Å². The summed E-state index contributed by atoms with van der Waals surface area (Å²) in [6.45, 7) is 4.92. The highest BCUT2D eigenvalue weighted by atomic mass is 32.1. The normalized spacial score (nSPS) is 14.9. The molecular weight excluding hydrogens is 464 g/mol. The van der Waals surface area contributed by atoms with E-state index in [1.165, 1.54) is 12.1 Å². The van der Waals surface area contributed by atoms with Crippen LogP contribution in [-0.4, -0.2) is 50.3 Å². The molecule has 180 valence electrons. The highest BCUT2D eigenvalue weighted by Crippen LogP contribution is 2.23. The van der Waals surface area contributed by atoms with Crippen LogP contribution in [0.5, 0.6) is 0 Å². The summed E-state index contributed by atoms with van der Waals surface area (Å²) in [6.07, 6.45) is 0. The summed E-state index contributed by atoms with van der Waals surface area (Å²) >= 11 is 5.81. The van der Waals surface area contributed by atoms with Crippen LogP contribution in [0.15, 0.2) is 78.9 Å². The number of piperazine rings is 1. The average Bonchev–Trinajstić information content (AvgIpc) is 3.17. The molecule has 0 radical (unpaired) electrons. The first-order valence-electron chi connectivity index (χ1n) is 11.7. The van der Waals surface area contributed by atoms with Crippen LogP contribution in [0.1, 0.15) is 11.1 Å². The highest BCUT2D eigenvalue weighted by molar-refractivity contribution is 7.71. The minimum Gasteiger partial charge on any atom is -0.296 e. The maximum absolute atomic E-state index is 14.7. The average molecular weight is 492 g/mol. The van der Waals surface area contributed by atoms with Crippen LogP contribution < -0.4 is 0 Å². The molecule has 0 spiro atoms. The van der Waals surface area contributed by atoms with Gasteiger partial charge < -0.3 is 0 Å². The lowest BCUT2D eigenvalue weighted by Crippen LogP contribution is -2.46. The molecule has 1 saturated heterocycles. The van der Waals surface area contributed by atoms with Gasteiger partial charge in [0.05, 0.1) is 18.8 Å². The fraction of sp³-hybridized carbons (Fsp3) is 0.259. The van der Waals surface area contributed by atoms with Crippen molar-refractivity contribution < 1.29 is 8.78 Å². The fourth-order valence-corrected chi connectivity index (χ4v) is 4.68. The minimum absolute atomic E-state index is 0.161. The van der Waals surface area contributed by atoms with Gasteiger partial charge in [-0.2, -0.15) is 5.10 Å². The Kier molecular flexibility index (Phi) is 7.13. The van der Waals surface area contributed by atoms with Gasteiger partial charge in [0.2, 0.25) is 0 Å². The van der Waals surface area contributed by atoms with Gasteiger partial charge in [-0.15, -0.1) is 0 Å². The highest BCUT2D eigenvalue weighted by Gasteiger charge is 2.21. The second-order valence-corrected chi connectivity index (χ2v) is 9.15.